The summed E-state index contributed by atoms with van der Waals surface area (Å²) >= 11 is 5.97. The number of carboxylic acids is 1. The van der Waals surface area contributed by atoms with Crippen molar-refractivity contribution in [2.75, 3.05) is 13.2 Å². The van der Waals surface area contributed by atoms with Crippen LogP contribution in [0, 0.1) is 5.82 Å². The molecule has 30 heavy (non-hydrogen) atoms. The normalized spacial score (nSPS) is 14.8. The molecule has 2 aromatic carbocycles. The number of ether oxygens (including phenoxy) is 2. The van der Waals surface area contributed by atoms with Crippen molar-refractivity contribution < 1.29 is 38.5 Å². The number of carboxylic acid groups (broad SMARTS) is 1. The average molecular weight is 436 g/mol. The molecule has 156 valence electrons. The van der Waals surface area contributed by atoms with Gasteiger partial charge in [-0.25, -0.2) is 9.18 Å². The quantitative estimate of drug-likeness (QED) is 0.569. The van der Waals surface area contributed by atoms with Crippen LogP contribution in [0.15, 0.2) is 42.2 Å². The molecule has 0 radical (unpaired) electrons. The molecule has 0 bridgehead atoms. The maximum absolute atomic E-state index is 14.0. The number of halogens is 2. The van der Waals surface area contributed by atoms with Crippen LogP contribution in [0.2, 0.25) is 5.02 Å². The Labute approximate surface area is 174 Å². The number of fused-ring (bicyclic) bond motifs is 1. The van der Waals surface area contributed by atoms with Crippen molar-refractivity contribution in [2.24, 2.45) is 0 Å². The summed E-state index contributed by atoms with van der Waals surface area (Å²) in [5.41, 5.74) is 0.233. The van der Waals surface area contributed by atoms with Crippen LogP contribution in [0.25, 0.3) is 6.08 Å². The average Bonchev–Trinajstić information content (AvgIpc) is 3.02. The van der Waals surface area contributed by atoms with Crippen LogP contribution in [0.4, 0.5) is 4.39 Å². The van der Waals surface area contributed by atoms with Gasteiger partial charge in [0.05, 0.1) is 17.2 Å². The molecule has 3 N–H and O–H groups in total. The largest absolute Gasteiger partial charge is 0.484 e. The second-order valence-electron chi connectivity index (χ2n) is 6.16. The smallest absolute Gasteiger partial charge is 0.328 e. The summed E-state index contributed by atoms with van der Waals surface area (Å²) in [5, 5.41) is 19.9. The first-order chi connectivity index (χ1) is 14.3. The van der Waals surface area contributed by atoms with Gasteiger partial charge < -0.3 is 25.0 Å². The number of aliphatic hydroxyl groups is 1. The Morgan fingerprint density at radius 3 is 2.73 bits per heavy atom. The molecule has 1 aliphatic heterocycles. The highest BCUT2D eigenvalue weighted by atomic mass is 35.5. The summed E-state index contributed by atoms with van der Waals surface area (Å²) in [4.78, 5) is 35.0. The molecular formula is C20H15ClFNO7. The number of ketones is 1. The number of nitrogens with one attached hydrogen (secondary N) is 1. The van der Waals surface area contributed by atoms with E-state index in [0.717, 1.165) is 0 Å². The molecule has 2 aromatic rings. The van der Waals surface area contributed by atoms with Crippen LogP contribution >= 0.6 is 11.6 Å². The number of amides is 1. The van der Waals surface area contributed by atoms with Crippen LogP contribution in [0.5, 0.6) is 11.5 Å². The van der Waals surface area contributed by atoms with Gasteiger partial charge in [0.25, 0.3) is 5.91 Å². The zero-order chi connectivity index (χ0) is 21.8. The number of hydrogen-bond acceptors (Lipinski definition) is 6. The molecule has 0 saturated carbocycles. The van der Waals surface area contributed by atoms with E-state index in [4.69, 9.17) is 31.3 Å². The molecule has 0 spiro atoms. The van der Waals surface area contributed by atoms with Gasteiger partial charge in [-0.2, -0.15) is 0 Å². The molecule has 1 heterocycles. The highest BCUT2D eigenvalue weighted by Crippen LogP contribution is 2.35. The number of aliphatic carboxylic acids is 1. The highest BCUT2D eigenvalue weighted by Gasteiger charge is 2.28. The predicted molar refractivity (Wildman–Crippen MR) is 103 cm³/mol. The van der Waals surface area contributed by atoms with Gasteiger partial charge in [-0.1, -0.05) is 17.7 Å². The molecule has 0 aliphatic carbocycles. The summed E-state index contributed by atoms with van der Waals surface area (Å²) in [5.74, 6) is -3.03. The van der Waals surface area contributed by atoms with E-state index >= 15 is 0 Å². The molecule has 1 amide bonds. The third kappa shape index (κ3) is 4.58. The fraction of sp³-hybridized carbons (Fsp3) is 0.150. The molecule has 8 nitrogen and oxygen atoms in total. The molecule has 0 fully saturated rings. The topological polar surface area (TPSA) is 122 Å². The maximum atomic E-state index is 14.0. The molecule has 1 unspecified atom stereocenters. The van der Waals surface area contributed by atoms with Crippen LogP contribution in [-0.4, -0.2) is 47.1 Å². The number of hydrogen-bond donors (Lipinski definition) is 3. The fourth-order valence-corrected chi connectivity index (χ4v) is 2.82. The van der Waals surface area contributed by atoms with E-state index in [1.807, 2.05) is 0 Å². The number of carbonyl (C=O) groups is 3. The first kappa shape index (κ1) is 21.3. The second-order valence-corrected chi connectivity index (χ2v) is 6.57. The monoisotopic (exact) mass is 435 g/mol. The molecule has 10 heteroatoms. The fourth-order valence-electron chi connectivity index (χ4n) is 2.61. The predicted octanol–water partition coefficient (Wildman–Crippen LogP) is 2.04. The molecular weight excluding hydrogens is 421 g/mol. The zero-order valence-corrected chi connectivity index (χ0v) is 16.0. The Kier molecular flexibility index (Phi) is 6.34. The van der Waals surface area contributed by atoms with Crippen molar-refractivity contribution in [3.63, 3.8) is 0 Å². The summed E-state index contributed by atoms with van der Waals surface area (Å²) < 4.78 is 24.7. The van der Waals surface area contributed by atoms with Crippen molar-refractivity contribution >= 4 is 35.3 Å². The summed E-state index contributed by atoms with van der Waals surface area (Å²) in [6, 6.07) is 6.88. The van der Waals surface area contributed by atoms with Crippen LogP contribution in [-0.2, 0) is 9.59 Å². The number of aliphatic hydroxyl groups excluding tert-OH is 1. The van der Waals surface area contributed by atoms with E-state index in [2.05, 4.69) is 5.32 Å². The van der Waals surface area contributed by atoms with Crippen molar-refractivity contribution in [3.8, 4) is 11.5 Å². The summed E-state index contributed by atoms with van der Waals surface area (Å²) in [7, 11) is 0. The minimum absolute atomic E-state index is 0.0142. The van der Waals surface area contributed by atoms with Crippen molar-refractivity contribution in [1.82, 2.24) is 5.32 Å². The van der Waals surface area contributed by atoms with Crippen molar-refractivity contribution in [1.29, 1.82) is 0 Å². The third-order valence-electron chi connectivity index (χ3n) is 4.10. The van der Waals surface area contributed by atoms with Crippen molar-refractivity contribution in [3.05, 3.63) is 64.1 Å². The Balaban J connectivity index is 1.71. The van der Waals surface area contributed by atoms with Gasteiger partial charge in [-0.05, 0) is 30.3 Å². The van der Waals surface area contributed by atoms with Gasteiger partial charge in [-0.3, -0.25) is 9.59 Å². The molecule has 0 saturated heterocycles. The molecule has 0 aromatic heterocycles. The minimum Gasteiger partial charge on any atom is -0.484 e. The second kappa shape index (κ2) is 8.93. The number of Topliss-reactive ketones (excluding diaryl/α,β-unsaturated/α-hetero) is 1. The highest BCUT2D eigenvalue weighted by molar-refractivity contribution is 6.32. The van der Waals surface area contributed by atoms with Gasteiger partial charge in [0.2, 0.25) is 5.78 Å². The standard InChI is InChI=1S/C20H15ClFNO7/c21-13-2-1-3-14(22)12(13)7-17-19(26)11-5-4-10(6-16(11)30-17)29-9-18(25)23-15(8-24)20(27)28/h1-7,15,24H,8-9H2,(H,23,25)(H,27,28). The van der Waals surface area contributed by atoms with Gasteiger partial charge >= 0.3 is 5.97 Å². The van der Waals surface area contributed by atoms with E-state index in [0.29, 0.717) is 0 Å². The number of carbonyl (C=O) groups excluding carboxylic acids is 2. The first-order valence-electron chi connectivity index (χ1n) is 8.58. The zero-order valence-electron chi connectivity index (χ0n) is 15.2. The van der Waals surface area contributed by atoms with Gasteiger partial charge in [0.15, 0.2) is 12.4 Å². The lowest BCUT2D eigenvalue weighted by atomic mass is 10.1. The van der Waals surface area contributed by atoms with E-state index < -0.39 is 42.7 Å². The number of rotatable bonds is 7. The Morgan fingerprint density at radius 1 is 1.30 bits per heavy atom. The van der Waals surface area contributed by atoms with Crippen molar-refractivity contribution in [2.45, 2.75) is 6.04 Å². The third-order valence-corrected chi connectivity index (χ3v) is 4.43. The van der Waals surface area contributed by atoms with Crippen LogP contribution in [0.1, 0.15) is 15.9 Å². The minimum atomic E-state index is -1.44. The van der Waals surface area contributed by atoms with Gasteiger partial charge in [0.1, 0.15) is 23.4 Å². The van der Waals surface area contributed by atoms with Gasteiger partial charge in [-0.15, -0.1) is 0 Å². The molecule has 3 rings (SSSR count). The Morgan fingerprint density at radius 2 is 2.07 bits per heavy atom. The maximum Gasteiger partial charge on any atom is 0.328 e. The van der Waals surface area contributed by atoms with Gasteiger partial charge in [0, 0.05) is 11.6 Å². The lowest BCUT2D eigenvalue weighted by Crippen LogP contribution is -2.45. The molecule has 1 atom stereocenters. The lowest BCUT2D eigenvalue weighted by molar-refractivity contribution is -0.143. The van der Waals surface area contributed by atoms with E-state index in [1.165, 1.54) is 42.5 Å². The number of benzene rings is 2. The van der Waals surface area contributed by atoms with E-state index in [9.17, 15) is 18.8 Å². The van der Waals surface area contributed by atoms with E-state index in [1.54, 1.807) is 0 Å². The lowest BCUT2D eigenvalue weighted by Gasteiger charge is -2.12. The van der Waals surface area contributed by atoms with E-state index in [-0.39, 0.29) is 33.4 Å². The first-order valence-corrected chi connectivity index (χ1v) is 8.96. The Bertz CT molecular complexity index is 1030. The Hall–Kier alpha value is -3.43. The van der Waals surface area contributed by atoms with Crippen LogP contribution < -0.4 is 14.8 Å². The summed E-state index contributed by atoms with van der Waals surface area (Å²) in [6.45, 7) is -1.29. The SMILES string of the molecule is O=C(COc1ccc2c(c1)OC(=Cc1c(F)cccc1Cl)C2=O)NC(CO)C(=O)O. The summed E-state index contributed by atoms with van der Waals surface area (Å²) in [6.07, 6.45) is 1.20. The number of allylic oxidation sites excluding steroid dienone is 1. The van der Waals surface area contributed by atoms with Crippen LogP contribution in [0.3, 0.4) is 0 Å². The molecule has 1 aliphatic rings.